The van der Waals surface area contributed by atoms with E-state index in [4.69, 9.17) is 11.6 Å². The molecule has 4 rings (SSSR count). The van der Waals surface area contributed by atoms with Crippen LogP contribution in [-0.2, 0) is 4.79 Å². The van der Waals surface area contributed by atoms with Crippen LogP contribution in [0.3, 0.4) is 0 Å². The Morgan fingerprint density at radius 1 is 1.03 bits per heavy atom. The third kappa shape index (κ3) is 5.21. The summed E-state index contributed by atoms with van der Waals surface area (Å²) in [5, 5.41) is 13.3. The summed E-state index contributed by atoms with van der Waals surface area (Å²) in [6.07, 6.45) is 10.5. The van der Waals surface area contributed by atoms with E-state index in [0.29, 0.717) is 27.8 Å². The summed E-state index contributed by atoms with van der Waals surface area (Å²) in [6, 6.07) is 11.6. The van der Waals surface area contributed by atoms with E-state index < -0.39 is 0 Å². The highest BCUT2D eigenvalue weighted by Crippen LogP contribution is 2.28. The van der Waals surface area contributed by atoms with Crippen LogP contribution < -0.4 is 5.32 Å². The first-order valence-corrected chi connectivity index (χ1v) is 11.6. The first kappa shape index (κ1) is 20.9. The molecule has 8 heteroatoms. The van der Waals surface area contributed by atoms with Crippen molar-refractivity contribution in [3.8, 4) is 17.1 Å². The molecule has 1 aliphatic rings. The SMILES string of the molecule is O=C(CSc1nnc(-c2ccncc2)n1-c1ccc(Cl)cc1)NC1CCCCCC1. The number of hydrogen-bond donors (Lipinski definition) is 1. The highest BCUT2D eigenvalue weighted by molar-refractivity contribution is 7.99. The molecule has 2 aromatic heterocycles. The van der Waals surface area contributed by atoms with E-state index in [9.17, 15) is 4.79 Å². The van der Waals surface area contributed by atoms with Crippen molar-refractivity contribution in [1.82, 2.24) is 25.1 Å². The number of rotatable bonds is 6. The van der Waals surface area contributed by atoms with Crippen LogP contribution in [0.15, 0.2) is 53.9 Å². The maximum atomic E-state index is 12.6. The van der Waals surface area contributed by atoms with Crippen molar-refractivity contribution in [2.24, 2.45) is 0 Å². The lowest BCUT2D eigenvalue weighted by molar-refractivity contribution is -0.119. The van der Waals surface area contributed by atoms with Crippen LogP contribution in [0.1, 0.15) is 38.5 Å². The molecule has 1 fully saturated rings. The summed E-state index contributed by atoms with van der Waals surface area (Å²) in [5.74, 6) is 1.05. The van der Waals surface area contributed by atoms with Crippen molar-refractivity contribution in [3.05, 3.63) is 53.8 Å². The minimum absolute atomic E-state index is 0.0445. The van der Waals surface area contributed by atoms with Crippen LogP contribution in [0.25, 0.3) is 17.1 Å². The first-order chi connectivity index (χ1) is 14.7. The van der Waals surface area contributed by atoms with Gasteiger partial charge in [-0.1, -0.05) is 49.0 Å². The molecule has 0 radical (unpaired) electrons. The van der Waals surface area contributed by atoms with Gasteiger partial charge in [0, 0.05) is 34.7 Å². The van der Waals surface area contributed by atoms with E-state index in [-0.39, 0.29) is 5.91 Å². The molecule has 6 nitrogen and oxygen atoms in total. The Labute approximate surface area is 185 Å². The third-order valence-corrected chi connectivity index (χ3v) is 6.39. The number of thioether (sulfide) groups is 1. The Kier molecular flexibility index (Phi) is 7.02. The van der Waals surface area contributed by atoms with Gasteiger partial charge < -0.3 is 5.32 Å². The smallest absolute Gasteiger partial charge is 0.230 e. The summed E-state index contributed by atoms with van der Waals surface area (Å²) >= 11 is 7.46. The quantitative estimate of drug-likeness (QED) is 0.434. The van der Waals surface area contributed by atoms with Crippen molar-refractivity contribution in [1.29, 1.82) is 0 Å². The number of benzene rings is 1. The van der Waals surface area contributed by atoms with Crippen LogP contribution in [0, 0.1) is 0 Å². The molecule has 0 aliphatic heterocycles. The number of hydrogen-bond acceptors (Lipinski definition) is 5. The second-order valence-electron chi connectivity index (χ2n) is 7.40. The van der Waals surface area contributed by atoms with Gasteiger partial charge in [0.2, 0.25) is 5.91 Å². The molecule has 1 saturated carbocycles. The predicted octanol–water partition coefficient (Wildman–Crippen LogP) is 4.91. The molecule has 0 unspecified atom stereocenters. The molecule has 0 spiro atoms. The van der Waals surface area contributed by atoms with Gasteiger partial charge in [0.1, 0.15) is 0 Å². The van der Waals surface area contributed by atoms with E-state index in [1.807, 2.05) is 41.0 Å². The zero-order chi connectivity index (χ0) is 20.8. The molecule has 0 saturated heterocycles. The van der Waals surface area contributed by atoms with Gasteiger partial charge in [0.25, 0.3) is 0 Å². The number of carbonyl (C=O) groups is 1. The average molecular weight is 442 g/mol. The molecule has 3 aromatic rings. The Morgan fingerprint density at radius 3 is 2.43 bits per heavy atom. The van der Waals surface area contributed by atoms with Crippen LogP contribution in [0.5, 0.6) is 0 Å². The van der Waals surface area contributed by atoms with Crippen LogP contribution in [0.4, 0.5) is 0 Å². The number of nitrogens with zero attached hydrogens (tertiary/aromatic N) is 4. The molecular weight excluding hydrogens is 418 g/mol. The standard InChI is InChI=1S/C22H24ClN5OS/c23-17-7-9-19(10-8-17)28-21(16-11-13-24-14-12-16)26-27-22(28)30-15-20(29)25-18-5-3-1-2-4-6-18/h7-14,18H,1-6,15H2,(H,25,29). The Morgan fingerprint density at radius 2 is 1.73 bits per heavy atom. The van der Waals surface area contributed by atoms with Crippen molar-refractivity contribution < 1.29 is 4.79 Å². The van der Waals surface area contributed by atoms with Gasteiger partial charge >= 0.3 is 0 Å². The third-order valence-electron chi connectivity index (χ3n) is 5.21. The lowest BCUT2D eigenvalue weighted by Gasteiger charge is -2.16. The summed E-state index contributed by atoms with van der Waals surface area (Å²) in [5.41, 5.74) is 1.80. The summed E-state index contributed by atoms with van der Waals surface area (Å²) in [7, 11) is 0. The van der Waals surface area contributed by atoms with E-state index in [2.05, 4.69) is 20.5 Å². The molecule has 1 amide bonds. The summed E-state index contributed by atoms with van der Waals surface area (Å²) in [6.45, 7) is 0. The molecule has 0 bridgehead atoms. The average Bonchev–Trinajstić information content (AvgIpc) is 3.02. The maximum absolute atomic E-state index is 12.6. The number of carbonyl (C=O) groups excluding carboxylic acids is 1. The van der Waals surface area contributed by atoms with Crippen LogP contribution in [0.2, 0.25) is 5.02 Å². The van der Waals surface area contributed by atoms with E-state index in [1.165, 1.54) is 37.4 Å². The van der Waals surface area contributed by atoms with Gasteiger partial charge in [-0.15, -0.1) is 10.2 Å². The van der Waals surface area contributed by atoms with Crippen molar-refractivity contribution >= 4 is 29.3 Å². The fraction of sp³-hybridized carbons (Fsp3) is 0.364. The van der Waals surface area contributed by atoms with Gasteiger partial charge in [0.15, 0.2) is 11.0 Å². The first-order valence-electron chi connectivity index (χ1n) is 10.2. The maximum Gasteiger partial charge on any atom is 0.230 e. The topological polar surface area (TPSA) is 72.7 Å². The minimum Gasteiger partial charge on any atom is -0.353 e. The molecule has 0 atom stereocenters. The van der Waals surface area contributed by atoms with Crippen LogP contribution in [-0.4, -0.2) is 37.5 Å². The molecular formula is C22H24ClN5OS. The highest BCUT2D eigenvalue weighted by atomic mass is 35.5. The van der Waals surface area contributed by atoms with Gasteiger partial charge in [-0.3, -0.25) is 14.3 Å². The molecule has 1 N–H and O–H groups in total. The van der Waals surface area contributed by atoms with Crippen molar-refractivity contribution in [2.75, 3.05) is 5.75 Å². The lowest BCUT2D eigenvalue weighted by atomic mass is 10.1. The molecule has 2 heterocycles. The van der Waals surface area contributed by atoms with E-state index in [1.54, 1.807) is 12.4 Å². The molecule has 1 aliphatic carbocycles. The number of pyridine rings is 1. The number of halogens is 1. The molecule has 156 valence electrons. The Bertz CT molecular complexity index is 969. The largest absolute Gasteiger partial charge is 0.353 e. The summed E-state index contributed by atoms with van der Waals surface area (Å²) in [4.78, 5) is 16.6. The van der Waals surface area contributed by atoms with Gasteiger partial charge in [-0.2, -0.15) is 0 Å². The lowest BCUT2D eigenvalue weighted by Crippen LogP contribution is -2.35. The number of amides is 1. The Hall–Kier alpha value is -2.38. The predicted molar refractivity (Wildman–Crippen MR) is 120 cm³/mol. The fourth-order valence-electron chi connectivity index (χ4n) is 3.70. The van der Waals surface area contributed by atoms with Gasteiger partial charge in [-0.05, 0) is 49.2 Å². The zero-order valence-electron chi connectivity index (χ0n) is 16.6. The van der Waals surface area contributed by atoms with Crippen LogP contribution >= 0.6 is 23.4 Å². The Balaban J connectivity index is 1.53. The van der Waals surface area contributed by atoms with Gasteiger partial charge in [0.05, 0.1) is 5.75 Å². The van der Waals surface area contributed by atoms with Crippen molar-refractivity contribution in [2.45, 2.75) is 49.7 Å². The fourth-order valence-corrected chi connectivity index (χ4v) is 4.59. The summed E-state index contributed by atoms with van der Waals surface area (Å²) < 4.78 is 1.95. The van der Waals surface area contributed by atoms with E-state index >= 15 is 0 Å². The minimum atomic E-state index is 0.0445. The van der Waals surface area contributed by atoms with Crippen molar-refractivity contribution in [3.63, 3.8) is 0 Å². The van der Waals surface area contributed by atoms with Gasteiger partial charge in [-0.25, -0.2) is 0 Å². The zero-order valence-corrected chi connectivity index (χ0v) is 18.2. The monoisotopic (exact) mass is 441 g/mol. The number of aromatic nitrogens is 4. The normalized spacial score (nSPS) is 15.0. The highest BCUT2D eigenvalue weighted by Gasteiger charge is 2.19. The molecule has 30 heavy (non-hydrogen) atoms. The second-order valence-corrected chi connectivity index (χ2v) is 8.78. The second kappa shape index (κ2) is 10.1. The molecule has 1 aromatic carbocycles. The van der Waals surface area contributed by atoms with E-state index in [0.717, 1.165) is 24.1 Å². The number of nitrogens with one attached hydrogen (secondary N) is 1.